The van der Waals surface area contributed by atoms with Gasteiger partial charge in [-0.2, -0.15) is 5.26 Å². The summed E-state index contributed by atoms with van der Waals surface area (Å²) in [5.74, 6) is -0.622. The van der Waals surface area contributed by atoms with Gasteiger partial charge < -0.3 is 15.3 Å². The molecule has 0 bridgehead atoms. The van der Waals surface area contributed by atoms with Gasteiger partial charge in [-0.15, -0.1) is 0 Å². The molecule has 180 valence electrons. The smallest absolute Gasteiger partial charge is 0.356 e. The van der Waals surface area contributed by atoms with E-state index in [1.54, 1.807) is 12.1 Å². The largest absolute Gasteiger partial charge is 0.476 e. The molecule has 1 atom stereocenters. The molecule has 0 saturated carbocycles. The summed E-state index contributed by atoms with van der Waals surface area (Å²) in [6.07, 6.45) is 0.862. The molecular formula is C27H23ClN6O2. The number of carboxylic acid groups (broad SMARTS) is 1. The predicted octanol–water partition coefficient (Wildman–Crippen LogP) is 5.29. The Morgan fingerprint density at radius 1 is 1.17 bits per heavy atom. The van der Waals surface area contributed by atoms with Crippen LogP contribution in [0.15, 0.2) is 48.5 Å². The number of aryl methyl sites for hydroxylation is 1. The van der Waals surface area contributed by atoms with Crippen LogP contribution in [0.1, 0.15) is 51.4 Å². The highest BCUT2D eigenvalue weighted by molar-refractivity contribution is 6.29. The monoisotopic (exact) mass is 498 g/mol. The normalized spacial score (nSPS) is 13.7. The van der Waals surface area contributed by atoms with Gasteiger partial charge in [-0.25, -0.2) is 19.7 Å². The molecule has 36 heavy (non-hydrogen) atoms. The minimum absolute atomic E-state index is 0.106. The van der Waals surface area contributed by atoms with Gasteiger partial charge in [0.05, 0.1) is 22.8 Å². The number of halogens is 1. The van der Waals surface area contributed by atoms with Crippen molar-refractivity contribution in [3.63, 3.8) is 0 Å². The van der Waals surface area contributed by atoms with Crippen LogP contribution in [-0.4, -0.2) is 32.6 Å². The Kier molecular flexibility index (Phi) is 6.17. The van der Waals surface area contributed by atoms with E-state index >= 15 is 0 Å². The van der Waals surface area contributed by atoms with Gasteiger partial charge in [0.1, 0.15) is 11.2 Å². The molecule has 0 aliphatic carbocycles. The van der Waals surface area contributed by atoms with E-state index in [2.05, 4.69) is 38.4 Å². The molecule has 0 saturated heterocycles. The Balaban J connectivity index is 1.58. The minimum atomic E-state index is -1.17. The lowest BCUT2D eigenvalue weighted by Gasteiger charge is -2.30. The minimum Gasteiger partial charge on any atom is -0.476 e. The summed E-state index contributed by atoms with van der Waals surface area (Å²) < 4.78 is 0. The van der Waals surface area contributed by atoms with Gasteiger partial charge in [-0.1, -0.05) is 41.9 Å². The fourth-order valence-corrected chi connectivity index (χ4v) is 4.80. The number of nitrogens with zero attached hydrogens (tertiary/aromatic N) is 5. The van der Waals surface area contributed by atoms with E-state index in [1.807, 2.05) is 38.1 Å². The quantitative estimate of drug-likeness (QED) is 0.356. The third-order valence-electron chi connectivity index (χ3n) is 6.36. The van der Waals surface area contributed by atoms with E-state index < -0.39 is 5.97 Å². The van der Waals surface area contributed by atoms with Gasteiger partial charge in [0.15, 0.2) is 17.2 Å². The summed E-state index contributed by atoms with van der Waals surface area (Å²) in [7, 11) is 0. The second-order valence-electron chi connectivity index (χ2n) is 8.87. The van der Waals surface area contributed by atoms with Crippen LogP contribution in [0.5, 0.6) is 0 Å². The average Bonchev–Trinajstić information content (AvgIpc) is 2.87. The van der Waals surface area contributed by atoms with Crippen LogP contribution >= 0.6 is 11.6 Å². The molecule has 0 spiro atoms. The number of carboxylic acids is 1. The number of fused-ring (bicyclic) bond motifs is 2. The number of rotatable bonds is 5. The van der Waals surface area contributed by atoms with Crippen LogP contribution in [-0.2, 0) is 13.0 Å². The number of nitriles is 1. The van der Waals surface area contributed by atoms with Crippen molar-refractivity contribution in [1.82, 2.24) is 15.0 Å². The maximum atomic E-state index is 11.7. The van der Waals surface area contributed by atoms with Crippen molar-refractivity contribution >= 4 is 40.1 Å². The van der Waals surface area contributed by atoms with Crippen LogP contribution < -0.4 is 10.2 Å². The summed E-state index contributed by atoms with van der Waals surface area (Å²) in [5, 5.41) is 22.8. The Bertz CT molecular complexity index is 1550. The van der Waals surface area contributed by atoms with Crippen LogP contribution in [0, 0.1) is 18.3 Å². The lowest BCUT2D eigenvalue weighted by Crippen LogP contribution is -2.32. The number of carbonyl (C=O) groups is 1. The third kappa shape index (κ3) is 4.41. The second-order valence-corrected chi connectivity index (χ2v) is 9.26. The maximum absolute atomic E-state index is 11.7. The molecule has 0 radical (unpaired) electrons. The van der Waals surface area contributed by atoms with Crippen molar-refractivity contribution in [3.05, 3.63) is 87.3 Å². The molecular weight excluding hydrogens is 476 g/mol. The molecule has 1 unspecified atom stereocenters. The van der Waals surface area contributed by atoms with Crippen molar-refractivity contribution in [2.45, 2.75) is 32.9 Å². The molecule has 3 heterocycles. The van der Waals surface area contributed by atoms with Crippen molar-refractivity contribution in [2.24, 2.45) is 0 Å². The van der Waals surface area contributed by atoms with Crippen LogP contribution in [0.3, 0.4) is 0 Å². The summed E-state index contributed by atoms with van der Waals surface area (Å²) in [5.41, 5.74) is 6.07. The number of benzene rings is 2. The summed E-state index contributed by atoms with van der Waals surface area (Å²) in [6, 6.07) is 17.2. The Labute approximate surface area is 213 Å². The van der Waals surface area contributed by atoms with Gasteiger partial charge in [0, 0.05) is 18.7 Å². The number of nitrogens with one attached hydrogen (secondary N) is 1. The number of hydrogen-bond acceptors (Lipinski definition) is 7. The van der Waals surface area contributed by atoms with Gasteiger partial charge in [0.2, 0.25) is 0 Å². The first-order chi connectivity index (χ1) is 17.3. The Morgan fingerprint density at radius 3 is 2.69 bits per heavy atom. The lowest BCUT2D eigenvalue weighted by molar-refractivity contribution is 0.0691. The number of aromatic carboxylic acids is 1. The van der Waals surface area contributed by atoms with Crippen LogP contribution in [0.2, 0.25) is 5.15 Å². The molecule has 2 aromatic carbocycles. The third-order valence-corrected chi connectivity index (χ3v) is 6.57. The molecule has 8 nitrogen and oxygen atoms in total. The highest BCUT2D eigenvalue weighted by Crippen LogP contribution is 2.32. The maximum Gasteiger partial charge on any atom is 0.356 e. The number of hydrogen-bond donors (Lipinski definition) is 2. The number of anilines is 2. The lowest BCUT2D eigenvalue weighted by atomic mass is 9.99. The van der Waals surface area contributed by atoms with Crippen molar-refractivity contribution in [1.29, 1.82) is 5.26 Å². The number of aromatic nitrogens is 3. The van der Waals surface area contributed by atoms with E-state index in [9.17, 15) is 15.2 Å². The average molecular weight is 499 g/mol. The highest BCUT2D eigenvalue weighted by atomic mass is 35.5. The zero-order valence-corrected chi connectivity index (χ0v) is 20.5. The van der Waals surface area contributed by atoms with E-state index in [-0.39, 0.29) is 22.6 Å². The molecule has 9 heteroatoms. The van der Waals surface area contributed by atoms with E-state index in [1.165, 1.54) is 11.1 Å². The number of pyridine rings is 1. The Morgan fingerprint density at radius 2 is 1.94 bits per heavy atom. The molecule has 5 rings (SSSR count). The molecule has 2 aromatic heterocycles. The predicted molar refractivity (Wildman–Crippen MR) is 138 cm³/mol. The first-order valence-electron chi connectivity index (χ1n) is 11.5. The topological polar surface area (TPSA) is 115 Å². The summed E-state index contributed by atoms with van der Waals surface area (Å²) in [4.78, 5) is 27.4. The van der Waals surface area contributed by atoms with Crippen LogP contribution in [0.4, 0.5) is 11.5 Å². The fourth-order valence-electron chi connectivity index (χ4n) is 4.65. The van der Waals surface area contributed by atoms with Crippen molar-refractivity contribution < 1.29 is 9.90 Å². The molecule has 1 aliphatic rings. The van der Waals surface area contributed by atoms with Gasteiger partial charge in [-0.3, -0.25) is 0 Å². The second kappa shape index (κ2) is 9.44. The van der Waals surface area contributed by atoms with Crippen molar-refractivity contribution in [2.75, 3.05) is 16.8 Å². The highest BCUT2D eigenvalue weighted by Gasteiger charge is 2.24. The zero-order chi connectivity index (χ0) is 25.4. The van der Waals surface area contributed by atoms with Crippen LogP contribution in [0.25, 0.3) is 11.0 Å². The van der Waals surface area contributed by atoms with Gasteiger partial charge in [-0.05, 0) is 55.2 Å². The molecule has 0 fully saturated rings. The zero-order valence-electron chi connectivity index (χ0n) is 19.8. The van der Waals surface area contributed by atoms with Crippen molar-refractivity contribution in [3.8, 4) is 6.07 Å². The van der Waals surface area contributed by atoms with E-state index in [0.717, 1.165) is 24.1 Å². The standard InChI is InChI=1S/C27H23ClN6O2/c1-15-11-19(16(2)30-20-7-8-23(28)32-25(20)27(35)36)24-21(12-15)31-22(13-29)26(33-24)34-10-9-17-5-3-4-6-18(17)14-34/h3-8,11-12,16,30H,9-10,14H2,1-2H3,(H,35,36). The SMILES string of the molecule is Cc1cc(C(C)Nc2ccc(Cl)nc2C(=O)O)c2nc(N3CCc4ccccc4C3)c(C#N)nc2c1. The molecule has 4 aromatic rings. The first kappa shape index (κ1) is 23.5. The van der Waals surface area contributed by atoms with E-state index in [0.29, 0.717) is 29.1 Å². The summed E-state index contributed by atoms with van der Waals surface area (Å²) in [6.45, 7) is 5.26. The first-order valence-corrected chi connectivity index (χ1v) is 11.9. The molecule has 2 N–H and O–H groups in total. The van der Waals surface area contributed by atoms with Gasteiger partial charge >= 0.3 is 5.97 Å². The molecule has 1 aliphatic heterocycles. The fraction of sp³-hybridized carbons (Fsp3) is 0.222. The Hall–Kier alpha value is -4.22. The van der Waals surface area contributed by atoms with Gasteiger partial charge in [0.25, 0.3) is 0 Å². The molecule has 0 amide bonds. The van der Waals surface area contributed by atoms with E-state index in [4.69, 9.17) is 16.6 Å². The summed E-state index contributed by atoms with van der Waals surface area (Å²) >= 11 is 5.91.